The van der Waals surface area contributed by atoms with E-state index in [0.29, 0.717) is 18.5 Å². The fourth-order valence-electron chi connectivity index (χ4n) is 1.94. The lowest BCUT2D eigenvalue weighted by molar-refractivity contribution is -0.137. The van der Waals surface area contributed by atoms with Gasteiger partial charge in [-0.05, 0) is 37.1 Å². The Morgan fingerprint density at radius 1 is 1.19 bits per heavy atom. The molecule has 5 nitrogen and oxygen atoms in total. The summed E-state index contributed by atoms with van der Waals surface area (Å²) in [5.41, 5.74) is 1.68. The zero-order valence-corrected chi connectivity index (χ0v) is 12.8. The van der Waals surface area contributed by atoms with Crippen LogP contribution in [0.2, 0.25) is 0 Å². The summed E-state index contributed by atoms with van der Waals surface area (Å²) in [7, 11) is 2.04. The van der Waals surface area contributed by atoms with Gasteiger partial charge >= 0.3 is 5.97 Å². The number of benzene rings is 1. The van der Waals surface area contributed by atoms with Crippen molar-refractivity contribution in [2.75, 3.05) is 25.0 Å². The van der Waals surface area contributed by atoms with E-state index in [1.165, 1.54) is 0 Å². The van der Waals surface area contributed by atoms with Crippen LogP contribution in [0.25, 0.3) is 0 Å². The fraction of sp³-hybridized carbons (Fsp3) is 0.500. The minimum Gasteiger partial charge on any atom is -0.481 e. The summed E-state index contributed by atoms with van der Waals surface area (Å²) in [6, 6.07) is 7.46. The Hall–Kier alpha value is -2.04. The predicted molar refractivity (Wildman–Crippen MR) is 83.8 cm³/mol. The van der Waals surface area contributed by atoms with Crippen LogP contribution >= 0.6 is 0 Å². The lowest BCUT2D eigenvalue weighted by Gasteiger charge is -2.19. The highest BCUT2D eigenvalue weighted by Crippen LogP contribution is 2.14. The number of nitrogens with one attached hydrogen (secondary N) is 1. The molecule has 0 aliphatic carbocycles. The number of carbonyl (C=O) groups is 2. The van der Waals surface area contributed by atoms with Gasteiger partial charge in [-0.1, -0.05) is 13.3 Å². The van der Waals surface area contributed by atoms with Crippen molar-refractivity contribution < 1.29 is 14.7 Å². The minimum absolute atomic E-state index is 0.0709. The number of nitrogens with zero attached hydrogens (tertiary/aromatic N) is 1. The smallest absolute Gasteiger partial charge is 0.303 e. The number of carboxylic acid groups (broad SMARTS) is 1. The van der Waals surface area contributed by atoms with Gasteiger partial charge in [0, 0.05) is 37.8 Å². The summed E-state index contributed by atoms with van der Waals surface area (Å²) < 4.78 is 0. The molecule has 1 aromatic rings. The number of hydrogen-bond acceptors (Lipinski definition) is 3. The number of hydrogen-bond donors (Lipinski definition) is 2. The topological polar surface area (TPSA) is 69.6 Å². The van der Waals surface area contributed by atoms with Crippen molar-refractivity contribution in [2.45, 2.75) is 32.6 Å². The van der Waals surface area contributed by atoms with Gasteiger partial charge in [-0.3, -0.25) is 9.59 Å². The van der Waals surface area contributed by atoms with Gasteiger partial charge in [-0.15, -0.1) is 0 Å². The summed E-state index contributed by atoms with van der Waals surface area (Å²) in [4.78, 5) is 24.4. The Balaban J connectivity index is 2.45. The first-order valence-electron chi connectivity index (χ1n) is 7.35. The van der Waals surface area contributed by atoms with E-state index in [1.54, 1.807) is 12.1 Å². The average Bonchev–Trinajstić information content (AvgIpc) is 2.49. The highest BCUT2D eigenvalue weighted by molar-refractivity contribution is 5.94. The van der Waals surface area contributed by atoms with Crippen LogP contribution in [-0.2, 0) is 4.79 Å². The number of unbranched alkanes of at least 4 members (excludes halogenated alkanes) is 1. The third-order valence-corrected chi connectivity index (χ3v) is 3.27. The average molecular weight is 292 g/mol. The number of rotatable bonds is 9. The van der Waals surface area contributed by atoms with E-state index in [2.05, 4.69) is 17.1 Å². The molecule has 0 aromatic heterocycles. The monoisotopic (exact) mass is 292 g/mol. The minimum atomic E-state index is -0.844. The molecule has 0 aliphatic rings. The summed E-state index contributed by atoms with van der Waals surface area (Å²) in [6.45, 7) is 3.53. The number of aliphatic carboxylic acids is 1. The standard InChI is InChI=1S/C16H24N2O3/c1-3-4-12-18(2)14-9-7-13(8-10-14)16(21)17-11-5-6-15(19)20/h7-10H,3-6,11-12H2,1-2H3,(H,17,21)(H,19,20). The number of carboxylic acids is 1. The van der Waals surface area contributed by atoms with E-state index in [4.69, 9.17) is 5.11 Å². The molecule has 0 atom stereocenters. The first-order chi connectivity index (χ1) is 10.0. The van der Waals surface area contributed by atoms with Crippen molar-refractivity contribution in [1.82, 2.24) is 5.32 Å². The second-order valence-corrected chi connectivity index (χ2v) is 5.08. The molecule has 0 saturated heterocycles. The maximum absolute atomic E-state index is 11.9. The van der Waals surface area contributed by atoms with E-state index in [1.807, 2.05) is 19.2 Å². The van der Waals surface area contributed by atoms with Gasteiger partial charge < -0.3 is 15.3 Å². The van der Waals surface area contributed by atoms with Gasteiger partial charge in [0.1, 0.15) is 0 Å². The lowest BCUT2D eigenvalue weighted by atomic mass is 10.1. The van der Waals surface area contributed by atoms with Crippen molar-refractivity contribution >= 4 is 17.6 Å². The highest BCUT2D eigenvalue weighted by atomic mass is 16.4. The van der Waals surface area contributed by atoms with Gasteiger partial charge in [0.2, 0.25) is 0 Å². The fourth-order valence-corrected chi connectivity index (χ4v) is 1.94. The zero-order valence-electron chi connectivity index (χ0n) is 12.8. The molecular weight excluding hydrogens is 268 g/mol. The molecule has 0 saturated carbocycles. The van der Waals surface area contributed by atoms with Crippen molar-refractivity contribution in [1.29, 1.82) is 0 Å². The van der Waals surface area contributed by atoms with Crippen LogP contribution in [0, 0.1) is 0 Å². The normalized spacial score (nSPS) is 10.2. The molecule has 0 aliphatic heterocycles. The first-order valence-corrected chi connectivity index (χ1v) is 7.35. The van der Waals surface area contributed by atoms with Gasteiger partial charge in [0.15, 0.2) is 0 Å². The van der Waals surface area contributed by atoms with Crippen LogP contribution in [-0.4, -0.2) is 37.1 Å². The molecule has 5 heteroatoms. The zero-order chi connectivity index (χ0) is 15.7. The molecule has 116 valence electrons. The second-order valence-electron chi connectivity index (χ2n) is 5.08. The van der Waals surface area contributed by atoms with Crippen LogP contribution in [0.1, 0.15) is 43.0 Å². The number of anilines is 1. The Morgan fingerprint density at radius 3 is 2.43 bits per heavy atom. The van der Waals surface area contributed by atoms with Crippen molar-refractivity contribution in [3.63, 3.8) is 0 Å². The third kappa shape index (κ3) is 6.29. The summed E-state index contributed by atoms with van der Waals surface area (Å²) >= 11 is 0. The maximum atomic E-state index is 11.9. The molecule has 2 N–H and O–H groups in total. The molecule has 0 spiro atoms. The number of carbonyl (C=O) groups excluding carboxylic acids is 1. The van der Waals surface area contributed by atoms with Gasteiger partial charge in [-0.25, -0.2) is 0 Å². The van der Waals surface area contributed by atoms with Crippen LogP contribution in [0.15, 0.2) is 24.3 Å². The third-order valence-electron chi connectivity index (χ3n) is 3.27. The Morgan fingerprint density at radius 2 is 1.86 bits per heavy atom. The molecule has 1 rings (SSSR count). The van der Waals surface area contributed by atoms with Crippen LogP contribution in [0.4, 0.5) is 5.69 Å². The Bertz CT molecular complexity index is 457. The van der Waals surface area contributed by atoms with E-state index < -0.39 is 5.97 Å². The van der Waals surface area contributed by atoms with Crippen LogP contribution in [0.5, 0.6) is 0 Å². The molecule has 21 heavy (non-hydrogen) atoms. The molecule has 0 radical (unpaired) electrons. The molecule has 0 fully saturated rings. The molecule has 1 amide bonds. The van der Waals surface area contributed by atoms with E-state index >= 15 is 0 Å². The maximum Gasteiger partial charge on any atom is 0.303 e. The quantitative estimate of drug-likeness (QED) is 0.686. The Labute approximate surface area is 126 Å². The largest absolute Gasteiger partial charge is 0.481 e. The van der Waals surface area contributed by atoms with Crippen LogP contribution in [0.3, 0.4) is 0 Å². The first kappa shape index (κ1) is 17.0. The number of amides is 1. The Kier molecular flexibility index (Phi) is 7.29. The van der Waals surface area contributed by atoms with Crippen molar-refractivity contribution in [3.05, 3.63) is 29.8 Å². The predicted octanol–water partition coefficient (Wildman–Crippen LogP) is 2.52. The van der Waals surface area contributed by atoms with E-state index in [9.17, 15) is 9.59 Å². The van der Waals surface area contributed by atoms with E-state index in [0.717, 1.165) is 25.1 Å². The summed E-state index contributed by atoms with van der Waals surface area (Å²) in [5, 5.41) is 11.2. The van der Waals surface area contributed by atoms with Gasteiger partial charge in [0.25, 0.3) is 5.91 Å². The van der Waals surface area contributed by atoms with Gasteiger partial charge in [-0.2, -0.15) is 0 Å². The summed E-state index contributed by atoms with van der Waals surface area (Å²) in [6.07, 6.45) is 2.81. The molecule has 0 bridgehead atoms. The van der Waals surface area contributed by atoms with Gasteiger partial charge in [0.05, 0.1) is 0 Å². The lowest BCUT2D eigenvalue weighted by Crippen LogP contribution is -2.25. The molecule has 1 aromatic carbocycles. The second kappa shape index (κ2) is 9.00. The van der Waals surface area contributed by atoms with Crippen LogP contribution < -0.4 is 10.2 Å². The molecular formula is C16H24N2O3. The van der Waals surface area contributed by atoms with E-state index in [-0.39, 0.29) is 12.3 Å². The van der Waals surface area contributed by atoms with Crippen molar-refractivity contribution in [3.8, 4) is 0 Å². The summed E-state index contributed by atoms with van der Waals surface area (Å²) in [5.74, 6) is -1.01. The molecule has 0 unspecified atom stereocenters. The molecule has 0 heterocycles. The van der Waals surface area contributed by atoms with Crippen molar-refractivity contribution in [2.24, 2.45) is 0 Å². The SMILES string of the molecule is CCCCN(C)c1ccc(C(=O)NCCCC(=O)O)cc1. The highest BCUT2D eigenvalue weighted by Gasteiger charge is 2.06.